The zero-order chi connectivity index (χ0) is 19.5. The Bertz CT molecular complexity index is 1040. The molecule has 0 fully saturated rings. The van der Waals surface area contributed by atoms with Crippen LogP contribution in [-0.2, 0) is 16.0 Å². The SMILES string of the molecule is COc1cccc(NC(=O)C[C@@H]2SC(Cc3nc4ccccc4s3)=NC2=O)c1. The number of fused-ring (bicyclic) bond motifs is 1. The highest BCUT2D eigenvalue weighted by atomic mass is 32.2. The van der Waals surface area contributed by atoms with E-state index in [-0.39, 0.29) is 18.2 Å². The fourth-order valence-corrected chi connectivity index (χ4v) is 4.99. The van der Waals surface area contributed by atoms with Crippen molar-refractivity contribution in [3.8, 4) is 5.75 Å². The lowest BCUT2D eigenvalue weighted by atomic mass is 10.2. The summed E-state index contributed by atoms with van der Waals surface area (Å²) in [5.41, 5.74) is 1.59. The quantitative estimate of drug-likeness (QED) is 0.665. The molecule has 0 unspecified atom stereocenters. The number of nitrogens with zero attached hydrogens (tertiary/aromatic N) is 2. The number of anilines is 1. The summed E-state index contributed by atoms with van der Waals surface area (Å²) < 4.78 is 6.26. The van der Waals surface area contributed by atoms with E-state index < -0.39 is 5.25 Å². The van der Waals surface area contributed by atoms with Gasteiger partial charge in [0.05, 0.1) is 22.4 Å². The highest BCUT2D eigenvalue weighted by molar-refractivity contribution is 8.15. The summed E-state index contributed by atoms with van der Waals surface area (Å²) in [6.45, 7) is 0. The van der Waals surface area contributed by atoms with Crippen LogP contribution in [0.4, 0.5) is 5.69 Å². The van der Waals surface area contributed by atoms with Crippen LogP contribution in [0, 0.1) is 0 Å². The minimum Gasteiger partial charge on any atom is -0.497 e. The summed E-state index contributed by atoms with van der Waals surface area (Å²) in [4.78, 5) is 33.2. The van der Waals surface area contributed by atoms with Crippen LogP contribution in [0.2, 0.25) is 0 Å². The Hall–Kier alpha value is -2.71. The lowest BCUT2D eigenvalue weighted by molar-refractivity contribution is -0.121. The molecule has 2 amide bonds. The first-order valence-corrected chi connectivity index (χ1v) is 10.4. The van der Waals surface area contributed by atoms with Crippen molar-refractivity contribution in [1.29, 1.82) is 0 Å². The van der Waals surface area contributed by atoms with Gasteiger partial charge in [0.15, 0.2) is 0 Å². The number of benzene rings is 2. The summed E-state index contributed by atoms with van der Waals surface area (Å²) in [6.07, 6.45) is 0.595. The number of methoxy groups -OCH3 is 1. The highest BCUT2D eigenvalue weighted by Gasteiger charge is 2.30. The van der Waals surface area contributed by atoms with E-state index in [2.05, 4.69) is 15.3 Å². The van der Waals surface area contributed by atoms with E-state index >= 15 is 0 Å². The van der Waals surface area contributed by atoms with E-state index in [0.717, 1.165) is 15.2 Å². The Balaban J connectivity index is 1.35. The second-order valence-corrected chi connectivity index (χ2v) is 8.58. The molecule has 0 bridgehead atoms. The summed E-state index contributed by atoms with van der Waals surface area (Å²) in [6, 6.07) is 15.0. The number of ether oxygens (including phenoxy) is 1. The molecule has 0 saturated heterocycles. The van der Waals surface area contributed by atoms with Crippen molar-refractivity contribution < 1.29 is 14.3 Å². The summed E-state index contributed by atoms with van der Waals surface area (Å²) in [5, 5.41) is 3.94. The molecule has 4 rings (SSSR count). The molecule has 1 N–H and O–H groups in total. The van der Waals surface area contributed by atoms with Crippen molar-refractivity contribution in [2.75, 3.05) is 12.4 Å². The Labute approximate surface area is 170 Å². The average Bonchev–Trinajstić information content (AvgIpc) is 3.24. The van der Waals surface area contributed by atoms with Crippen molar-refractivity contribution >= 4 is 55.9 Å². The molecule has 142 valence electrons. The van der Waals surface area contributed by atoms with Crippen LogP contribution in [0.3, 0.4) is 0 Å². The van der Waals surface area contributed by atoms with E-state index in [1.165, 1.54) is 11.8 Å². The van der Waals surface area contributed by atoms with Gasteiger partial charge in [-0.25, -0.2) is 9.98 Å². The number of hydrogen-bond acceptors (Lipinski definition) is 6. The number of amides is 2. The smallest absolute Gasteiger partial charge is 0.260 e. The molecule has 2 heterocycles. The number of nitrogens with one attached hydrogen (secondary N) is 1. The Kier molecular flexibility index (Phi) is 5.40. The lowest BCUT2D eigenvalue weighted by Gasteiger charge is -2.09. The molecule has 1 aromatic heterocycles. The number of para-hydroxylation sites is 1. The standard InChI is InChI=1S/C20H17N3O3S2/c1-26-13-6-4-5-12(9-13)21-17(24)10-16-20(25)23-19(28-16)11-18-22-14-7-2-3-8-15(14)27-18/h2-9,16H,10-11H2,1H3,(H,21,24)/t16-/m0/s1. The largest absolute Gasteiger partial charge is 0.497 e. The zero-order valence-corrected chi connectivity index (χ0v) is 16.7. The molecule has 0 radical (unpaired) electrons. The van der Waals surface area contributed by atoms with Gasteiger partial charge in [-0.1, -0.05) is 30.0 Å². The molecule has 8 heteroatoms. The molecule has 1 aliphatic heterocycles. The van der Waals surface area contributed by atoms with Crippen LogP contribution >= 0.6 is 23.1 Å². The van der Waals surface area contributed by atoms with Gasteiger partial charge in [-0.05, 0) is 24.3 Å². The number of hydrogen-bond donors (Lipinski definition) is 1. The molecule has 1 aliphatic rings. The van der Waals surface area contributed by atoms with Crippen molar-refractivity contribution in [2.24, 2.45) is 4.99 Å². The van der Waals surface area contributed by atoms with Crippen molar-refractivity contribution in [3.05, 3.63) is 53.5 Å². The minimum absolute atomic E-state index is 0.0769. The number of thioether (sulfide) groups is 1. The van der Waals surface area contributed by atoms with Gasteiger partial charge < -0.3 is 10.1 Å². The molecular formula is C20H17N3O3S2. The van der Waals surface area contributed by atoms with Crippen LogP contribution in [0.1, 0.15) is 11.4 Å². The number of aromatic nitrogens is 1. The van der Waals surface area contributed by atoms with Gasteiger partial charge in [0, 0.05) is 24.6 Å². The maximum Gasteiger partial charge on any atom is 0.260 e. The zero-order valence-electron chi connectivity index (χ0n) is 15.0. The number of thiazole rings is 1. The van der Waals surface area contributed by atoms with Gasteiger partial charge >= 0.3 is 0 Å². The van der Waals surface area contributed by atoms with Crippen LogP contribution < -0.4 is 10.1 Å². The first kappa shape index (κ1) is 18.6. The van der Waals surface area contributed by atoms with Crippen molar-refractivity contribution in [3.63, 3.8) is 0 Å². The van der Waals surface area contributed by atoms with Gasteiger partial charge in [-0.3, -0.25) is 9.59 Å². The molecule has 6 nitrogen and oxygen atoms in total. The third-order valence-electron chi connectivity index (χ3n) is 4.15. The van der Waals surface area contributed by atoms with E-state index in [9.17, 15) is 9.59 Å². The van der Waals surface area contributed by atoms with E-state index in [1.54, 1.807) is 42.7 Å². The Morgan fingerprint density at radius 2 is 2.07 bits per heavy atom. The number of carbonyl (C=O) groups is 2. The predicted octanol–water partition coefficient (Wildman–Crippen LogP) is 3.92. The molecule has 28 heavy (non-hydrogen) atoms. The third kappa shape index (κ3) is 4.23. The second kappa shape index (κ2) is 8.12. The molecule has 2 aromatic carbocycles. The van der Waals surface area contributed by atoms with Crippen LogP contribution in [0.25, 0.3) is 10.2 Å². The van der Waals surface area contributed by atoms with Crippen molar-refractivity contribution in [1.82, 2.24) is 4.98 Å². The fraction of sp³-hybridized carbons (Fsp3) is 0.200. The van der Waals surface area contributed by atoms with Gasteiger partial charge in [0.2, 0.25) is 5.91 Å². The third-order valence-corrected chi connectivity index (χ3v) is 6.35. The molecule has 0 spiro atoms. The van der Waals surface area contributed by atoms with Gasteiger partial charge in [0.25, 0.3) is 5.91 Å². The molecule has 0 aliphatic carbocycles. The summed E-state index contributed by atoms with van der Waals surface area (Å²) >= 11 is 2.95. The van der Waals surface area contributed by atoms with Crippen LogP contribution in [-0.4, -0.2) is 34.2 Å². The normalized spacial score (nSPS) is 16.2. The van der Waals surface area contributed by atoms with Crippen LogP contribution in [0.5, 0.6) is 5.75 Å². The van der Waals surface area contributed by atoms with E-state index in [4.69, 9.17) is 4.74 Å². The minimum atomic E-state index is -0.491. The maximum atomic E-state index is 12.3. The number of carbonyl (C=O) groups excluding carboxylic acids is 2. The van der Waals surface area contributed by atoms with E-state index in [0.29, 0.717) is 22.9 Å². The molecule has 3 aromatic rings. The number of aliphatic imine (C=N–C) groups is 1. The highest BCUT2D eigenvalue weighted by Crippen LogP contribution is 2.30. The topological polar surface area (TPSA) is 80.7 Å². The Morgan fingerprint density at radius 3 is 2.89 bits per heavy atom. The summed E-state index contributed by atoms with van der Waals surface area (Å²) in [5.74, 6) is 0.169. The van der Waals surface area contributed by atoms with E-state index in [1.807, 2.05) is 24.3 Å². The van der Waals surface area contributed by atoms with Gasteiger partial charge in [-0.15, -0.1) is 11.3 Å². The summed E-state index contributed by atoms with van der Waals surface area (Å²) in [7, 11) is 1.57. The van der Waals surface area contributed by atoms with Crippen molar-refractivity contribution in [2.45, 2.75) is 18.1 Å². The van der Waals surface area contributed by atoms with Gasteiger partial charge in [0.1, 0.15) is 16.0 Å². The first-order chi connectivity index (χ1) is 13.6. The molecule has 1 atom stereocenters. The molecular weight excluding hydrogens is 394 g/mol. The fourth-order valence-electron chi connectivity index (χ4n) is 2.85. The average molecular weight is 412 g/mol. The molecule has 0 saturated carbocycles. The first-order valence-electron chi connectivity index (χ1n) is 8.67. The maximum absolute atomic E-state index is 12.3. The monoisotopic (exact) mass is 411 g/mol. The Morgan fingerprint density at radius 1 is 1.21 bits per heavy atom. The predicted molar refractivity (Wildman–Crippen MR) is 113 cm³/mol. The number of rotatable bonds is 6. The lowest BCUT2D eigenvalue weighted by Crippen LogP contribution is -2.21. The second-order valence-electron chi connectivity index (χ2n) is 6.19. The van der Waals surface area contributed by atoms with Gasteiger partial charge in [-0.2, -0.15) is 0 Å². The van der Waals surface area contributed by atoms with Crippen LogP contribution in [0.15, 0.2) is 53.5 Å².